The van der Waals surface area contributed by atoms with Crippen LogP contribution in [0.3, 0.4) is 0 Å². The van der Waals surface area contributed by atoms with Crippen molar-refractivity contribution in [2.75, 3.05) is 18.1 Å². The number of hydrogen-bond acceptors (Lipinski definition) is 2. The fourth-order valence-electron chi connectivity index (χ4n) is 2.33. The van der Waals surface area contributed by atoms with E-state index in [0.29, 0.717) is 0 Å². The SMILES string of the molecule is FC(F)(F)C(F)(F)C(F)(F)C(F)(F)C(F)(F)C(F)(F)C(F)(F)C(F)(F)C(F)(F)C(F)(F)CCSCC1CO1. The smallest absolute Gasteiger partial charge is 0.372 e. The van der Waals surface area contributed by atoms with Crippen molar-refractivity contribution in [3.05, 3.63) is 0 Å². The van der Waals surface area contributed by atoms with Crippen molar-refractivity contribution in [1.82, 2.24) is 0 Å². The predicted molar refractivity (Wildman–Crippen MR) is 82.3 cm³/mol. The molecule has 228 valence electrons. The highest BCUT2D eigenvalue weighted by atomic mass is 32.2. The molecule has 1 heterocycles. The van der Waals surface area contributed by atoms with Crippen molar-refractivity contribution < 1.29 is 96.9 Å². The van der Waals surface area contributed by atoms with Gasteiger partial charge in [-0.1, -0.05) is 0 Å². The van der Waals surface area contributed by atoms with Crippen molar-refractivity contribution >= 4 is 11.8 Å². The molecule has 1 fully saturated rings. The van der Waals surface area contributed by atoms with Crippen molar-refractivity contribution in [2.24, 2.45) is 0 Å². The van der Waals surface area contributed by atoms with Crippen molar-refractivity contribution in [2.45, 2.75) is 72.0 Å². The van der Waals surface area contributed by atoms with Crippen LogP contribution in [0, 0.1) is 0 Å². The molecule has 1 aliphatic rings. The number of ether oxygens (including phenoxy) is 1. The van der Waals surface area contributed by atoms with Gasteiger partial charge in [0, 0.05) is 12.2 Å². The molecule has 0 bridgehead atoms. The molecule has 0 radical (unpaired) electrons. The molecule has 1 atom stereocenters. The average Bonchev–Trinajstić information content (AvgIpc) is 3.53. The Morgan fingerprint density at radius 3 is 1.05 bits per heavy atom. The third-order valence-electron chi connectivity index (χ3n) is 4.84. The number of halogens is 21. The second-order valence-corrected chi connectivity index (χ2v) is 8.73. The molecule has 0 aromatic heterocycles. The maximum Gasteiger partial charge on any atom is 0.460 e. The number of thioether (sulfide) groups is 1. The Hall–Kier alpha value is -1.16. The molecule has 1 unspecified atom stereocenters. The lowest BCUT2D eigenvalue weighted by Gasteiger charge is -2.44. The van der Waals surface area contributed by atoms with Crippen LogP contribution in [-0.4, -0.2) is 83.7 Å². The van der Waals surface area contributed by atoms with Gasteiger partial charge in [0.2, 0.25) is 0 Å². The van der Waals surface area contributed by atoms with E-state index >= 15 is 0 Å². The van der Waals surface area contributed by atoms with Gasteiger partial charge in [0.1, 0.15) is 0 Å². The first-order valence-electron chi connectivity index (χ1n) is 8.99. The van der Waals surface area contributed by atoms with Gasteiger partial charge in [-0.05, 0) is 5.75 Å². The van der Waals surface area contributed by atoms with Gasteiger partial charge in [-0.25, -0.2) is 0 Å². The molecule has 23 heteroatoms. The van der Waals surface area contributed by atoms with Crippen LogP contribution in [0.15, 0.2) is 0 Å². The minimum absolute atomic E-state index is 0.0335. The van der Waals surface area contributed by atoms with Gasteiger partial charge in [-0.3, -0.25) is 0 Å². The lowest BCUT2D eigenvalue weighted by molar-refractivity contribution is -0.474. The monoisotopic (exact) mass is 636 g/mol. The molecule has 0 aliphatic carbocycles. The third-order valence-corrected chi connectivity index (χ3v) is 5.94. The summed E-state index contributed by atoms with van der Waals surface area (Å²) in [4.78, 5) is 0. The van der Waals surface area contributed by atoms with Gasteiger partial charge in [0.15, 0.2) is 0 Å². The highest BCUT2D eigenvalue weighted by molar-refractivity contribution is 7.99. The van der Waals surface area contributed by atoms with Crippen LogP contribution in [0.1, 0.15) is 6.42 Å². The van der Waals surface area contributed by atoms with Gasteiger partial charge in [0.25, 0.3) is 0 Å². The summed E-state index contributed by atoms with van der Waals surface area (Å²) in [5, 5.41) is 0. The standard InChI is InChI=1S/C15H9F21OS/c16-6(17,1-2-38-4-5-3-37-5)7(18,19)8(20,21)9(22,23)10(24,25)11(26,27)12(28,29)13(30,31)14(32,33)15(34,35)36/h5H,1-4H2. The van der Waals surface area contributed by atoms with Crippen molar-refractivity contribution in [1.29, 1.82) is 0 Å². The zero-order chi connectivity index (χ0) is 30.8. The number of rotatable bonds is 13. The predicted octanol–water partition coefficient (Wildman–Crippen LogP) is 7.79. The number of epoxide rings is 1. The van der Waals surface area contributed by atoms with Gasteiger partial charge in [-0.2, -0.15) is 104 Å². The molecular formula is C15H9F21OS. The van der Waals surface area contributed by atoms with Crippen LogP contribution in [0.4, 0.5) is 92.2 Å². The second kappa shape index (κ2) is 9.45. The lowest BCUT2D eigenvalue weighted by atomic mass is 9.86. The number of alkyl halides is 21. The molecule has 38 heavy (non-hydrogen) atoms. The molecule has 0 aromatic rings. The molecule has 1 aliphatic heterocycles. The normalized spacial score (nSPS) is 19.7. The Bertz CT molecular complexity index is 842. The van der Waals surface area contributed by atoms with Crippen LogP contribution in [-0.2, 0) is 4.74 Å². The summed E-state index contributed by atoms with van der Waals surface area (Å²) >= 11 is 0.221. The molecule has 0 aromatic carbocycles. The maximum atomic E-state index is 13.7. The van der Waals surface area contributed by atoms with Crippen LogP contribution < -0.4 is 0 Å². The van der Waals surface area contributed by atoms with Crippen molar-refractivity contribution in [3.63, 3.8) is 0 Å². The first-order valence-corrected chi connectivity index (χ1v) is 10.1. The maximum absolute atomic E-state index is 13.7. The van der Waals surface area contributed by atoms with E-state index in [0.717, 1.165) is 0 Å². The molecule has 1 nitrogen and oxygen atoms in total. The highest BCUT2D eigenvalue weighted by Gasteiger charge is 2.97. The summed E-state index contributed by atoms with van der Waals surface area (Å²) in [7, 11) is 0. The van der Waals surface area contributed by atoms with Crippen molar-refractivity contribution in [3.8, 4) is 0 Å². The Balaban J connectivity index is 3.51. The summed E-state index contributed by atoms with van der Waals surface area (Å²) in [5.74, 6) is -78.0. The first kappa shape index (κ1) is 34.9. The Kier molecular flexibility index (Phi) is 8.67. The molecule has 0 spiro atoms. The zero-order valence-electron chi connectivity index (χ0n) is 17.2. The minimum Gasteiger partial charge on any atom is -0.372 e. The summed E-state index contributed by atoms with van der Waals surface area (Å²) < 4.78 is 282. The molecule has 0 saturated carbocycles. The van der Waals surface area contributed by atoms with Gasteiger partial charge < -0.3 is 4.74 Å². The van der Waals surface area contributed by atoms with E-state index in [1.165, 1.54) is 0 Å². The molecular weight excluding hydrogens is 627 g/mol. The summed E-state index contributed by atoms with van der Waals surface area (Å²) in [6.45, 7) is 0.0335. The van der Waals surface area contributed by atoms with E-state index in [1.807, 2.05) is 0 Å². The van der Waals surface area contributed by atoms with Crippen LogP contribution >= 0.6 is 11.8 Å². The second-order valence-electron chi connectivity index (χ2n) is 7.58. The van der Waals surface area contributed by atoms with E-state index in [-0.39, 0.29) is 24.1 Å². The minimum atomic E-state index is -9.14. The Labute approximate surface area is 200 Å². The van der Waals surface area contributed by atoms with Gasteiger partial charge in [0.05, 0.1) is 12.7 Å². The zero-order valence-corrected chi connectivity index (χ0v) is 18.0. The third kappa shape index (κ3) is 4.83. The molecule has 1 rings (SSSR count). The largest absolute Gasteiger partial charge is 0.460 e. The highest BCUT2D eigenvalue weighted by Crippen LogP contribution is 2.66. The summed E-state index contributed by atoms with van der Waals surface area (Å²) in [6.07, 6.45) is -11.2. The van der Waals surface area contributed by atoms with E-state index in [2.05, 4.69) is 4.74 Å². The molecule has 0 N–H and O–H groups in total. The topological polar surface area (TPSA) is 12.5 Å². The molecule has 0 amide bonds. The fourth-order valence-corrected chi connectivity index (χ4v) is 3.35. The quantitative estimate of drug-likeness (QED) is 0.116. The first-order chi connectivity index (χ1) is 16.3. The van der Waals surface area contributed by atoms with Crippen LogP contribution in [0.2, 0.25) is 0 Å². The lowest BCUT2D eigenvalue weighted by Crippen LogP contribution is -2.76. The number of hydrogen-bond donors (Lipinski definition) is 0. The van der Waals surface area contributed by atoms with E-state index in [4.69, 9.17) is 0 Å². The average molecular weight is 636 g/mol. The fraction of sp³-hybridized carbons (Fsp3) is 1.00. The molecule has 1 saturated heterocycles. The van der Waals surface area contributed by atoms with Gasteiger partial charge >= 0.3 is 59.5 Å². The Morgan fingerprint density at radius 2 is 0.763 bits per heavy atom. The van der Waals surface area contributed by atoms with E-state index < -0.39 is 77.8 Å². The summed E-state index contributed by atoms with van der Waals surface area (Å²) in [6, 6.07) is 0. The van der Waals surface area contributed by atoms with E-state index in [1.54, 1.807) is 0 Å². The van der Waals surface area contributed by atoms with Crippen LogP contribution in [0.5, 0.6) is 0 Å². The Morgan fingerprint density at radius 1 is 0.474 bits per heavy atom. The van der Waals surface area contributed by atoms with Gasteiger partial charge in [-0.15, -0.1) is 0 Å². The van der Waals surface area contributed by atoms with E-state index in [9.17, 15) is 92.2 Å². The summed E-state index contributed by atoms with van der Waals surface area (Å²) in [5.41, 5.74) is 0. The van der Waals surface area contributed by atoms with Crippen LogP contribution in [0.25, 0.3) is 0 Å².